The molecular weight excluding hydrogens is 318 g/mol. The van der Waals surface area contributed by atoms with E-state index in [4.69, 9.17) is 18.9 Å². The van der Waals surface area contributed by atoms with Gasteiger partial charge in [-0.15, -0.1) is 0 Å². The zero-order valence-electron chi connectivity index (χ0n) is 13.4. The molecule has 2 fully saturated rings. The summed E-state index contributed by atoms with van der Waals surface area (Å²) in [4.78, 5) is 25.1. The normalized spacial score (nSPS) is 28.2. The van der Waals surface area contributed by atoms with Gasteiger partial charge in [0.15, 0.2) is 12.2 Å². The largest absolute Gasteiger partial charge is 0.507 e. The lowest BCUT2D eigenvalue weighted by Crippen LogP contribution is -2.37. The fourth-order valence-electron chi connectivity index (χ4n) is 2.71. The molecule has 0 aliphatic carbocycles. The first-order chi connectivity index (χ1) is 11.5. The monoisotopic (exact) mass is 337 g/mol. The van der Waals surface area contributed by atoms with Crippen molar-refractivity contribution in [1.82, 2.24) is 4.90 Å². The van der Waals surface area contributed by atoms with Gasteiger partial charge in [-0.25, -0.2) is 9.59 Å². The highest BCUT2D eigenvalue weighted by Gasteiger charge is 2.51. The Labute approximate surface area is 138 Å². The van der Waals surface area contributed by atoms with Crippen LogP contribution in [-0.4, -0.2) is 73.8 Å². The van der Waals surface area contributed by atoms with Gasteiger partial charge in [-0.2, -0.15) is 0 Å². The third-order valence-electron chi connectivity index (χ3n) is 3.96. The first kappa shape index (κ1) is 16.5. The second-order valence-corrected chi connectivity index (χ2v) is 5.87. The number of esters is 1. The van der Waals surface area contributed by atoms with Crippen molar-refractivity contribution in [3.05, 3.63) is 29.8 Å². The molecule has 0 radical (unpaired) electrons. The molecule has 3 rings (SSSR count). The maximum absolute atomic E-state index is 12.2. The van der Waals surface area contributed by atoms with Crippen LogP contribution in [0.25, 0.3) is 0 Å². The zero-order valence-corrected chi connectivity index (χ0v) is 13.4. The maximum Gasteiger partial charge on any atom is 0.409 e. The molecule has 0 unspecified atom stereocenters. The molecular formula is C16H19NO7. The van der Waals surface area contributed by atoms with Crippen LogP contribution in [0, 0.1) is 0 Å². The summed E-state index contributed by atoms with van der Waals surface area (Å²) in [7, 11) is 3.17. The molecule has 2 aliphatic rings. The number of carbonyl (C=O) groups is 2. The fraction of sp³-hybridized carbons (Fsp3) is 0.500. The van der Waals surface area contributed by atoms with Gasteiger partial charge in [-0.3, -0.25) is 0 Å². The van der Waals surface area contributed by atoms with Crippen LogP contribution < -0.4 is 0 Å². The van der Waals surface area contributed by atoms with E-state index in [0.717, 1.165) is 0 Å². The van der Waals surface area contributed by atoms with Crippen molar-refractivity contribution in [3.8, 4) is 5.75 Å². The SMILES string of the molecule is CN(C)C(=O)O[C@H]1CO[C@H]2[C@@H]1OC[C@H]2OC(=O)c1ccccc1O. The highest BCUT2D eigenvalue weighted by Crippen LogP contribution is 2.31. The van der Waals surface area contributed by atoms with Crippen molar-refractivity contribution in [1.29, 1.82) is 0 Å². The van der Waals surface area contributed by atoms with Gasteiger partial charge in [0.2, 0.25) is 0 Å². The zero-order chi connectivity index (χ0) is 17.3. The number of phenolic OH excluding ortho intramolecular Hbond substituents is 1. The molecule has 2 heterocycles. The number of hydrogen-bond acceptors (Lipinski definition) is 7. The Bertz CT molecular complexity index is 633. The number of para-hydroxylation sites is 1. The molecule has 0 bridgehead atoms. The summed E-state index contributed by atoms with van der Waals surface area (Å²) >= 11 is 0. The summed E-state index contributed by atoms with van der Waals surface area (Å²) in [6, 6.07) is 6.13. The summed E-state index contributed by atoms with van der Waals surface area (Å²) in [6.07, 6.45) is -2.62. The number of nitrogens with zero attached hydrogens (tertiary/aromatic N) is 1. The summed E-state index contributed by atoms with van der Waals surface area (Å²) in [6.45, 7) is 0.324. The summed E-state index contributed by atoms with van der Waals surface area (Å²) < 4.78 is 21.9. The lowest BCUT2D eigenvalue weighted by atomic mass is 10.1. The van der Waals surface area contributed by atoms with Gasteiger partial charge in [0, 0.05) is 14.1 Å². The summed E-state index contributed by atoms with van der Waals surface area (Å²) in [5, 5.41) is 9.71. The van der Waals surface area contributed by atoms with Crippen molar-refractivity contribution in [3.63, 3.8) is 0 Å². The average Bonchev–Trinajstić information content (AvgIpc) is 3.11. The van der Waals surface area contributed by atoms with E-state index in [9.17, 15) is 14.7 Å². The predicted octanol–water partition coefficient (Wildman–Crippen LogP) is 0.782. The van der Waals surface area contributed by atoms with Crippen LogP contribution in [0.15, 0.2) is 24.3 Å². The Morgan fingerprint density at radius 2 is 1.67 bits per heavy atom. The summed E-state index contributed by atoms with van der Waals surface area (Å²) in [5.74, 6) is -0.803. The van der Waals surface area contributed by atoms with E-state index in [0.29, 0.717) is 0 Å². The smallest absolute Gasteiger partial charge is 0.409 e. The van der Waals surface area contributed by atoms with Crippen LogP contribution in [-0.2, 0) is 18.9 Å². The van der Waals surface area contributed by atoms with E-state index < -0.39 is 36.5 Å². The molecule has 24 heavy (non-hydrogen) atoms. The number of aromatic hydroxyl groups is 1. The van der Waals surface area contributed by atoms with Gasteiger partial charge < -0.3 is 29.0 Å². The topological polar surface area (TPSA) is 94.5 Å². The van der Waals surface area contributed by atoms with Crippen molar-refractivity contribution in [2.24, 2.45) is 0 Å². The molecule has 0 saturated carbocycles. The molecule has 0 aromatic heterocycles. The van der Waals surface area contributed by atoms with Gasteiger partial charge >= 0.3 is 12.1 Å². The number of hydrogen-bond donors (Lipinski definition) is 1. The number of fused-ring (bicyclic) bond motifs is 1. The molecule has 1 aromatic carbocycles. The maximum atomic E-state index is 12.2. The van der Waals surface area contributed by atoms with Crippen molar-refractivity contribution < 1.29 is 33.6 Å². The van der Waals surface area contributed by atoms with Crippen LogP contribution in [0.4, 0.5) is 4.79 Å². The molecule has 0 spiro atoms. The van der Waals surface area contributed by atoms with Crippen LogP contribution in [0.5, 0.6) is 5.75 Å². The minimum atomic E-state index is -0.653. The fourth-order valence-corrected chi connectivity index (χ4v) is 2.71. The molecule has 130 valence electrons. The van der Waals surface area contributed by atoms with Crippen molar-refractivity contribution in [2.75, 3.05) is 27.3 Å². The molecule has 1 N–H and O–H groups in total. The van der Waals surface area contributed by atoms with E-state index in [1.165, 1.54) is 17.0 Å². The molecule has 2 aliphatic heterocycles. The van der Waals surface area contributed by atoms with Crippen LogP contribution in [0.2, 0.25) is 0 Å². The molecule has 2 saturated heterocycles. The molecule has 8 heteroatoms. The van der Waals surface area contributed by atoms with Crippen LogP contribution in [0.1, 0.15) is 10.4 Å². The predicted molar refractivity (Wildman–Crippen MR) is 80.7 cm³/mol. The lowest BCUT2D eigenvalue weighted by Gasteiger charge is -2.19. The molecule has 4 atom stereocenters. The van der Waals surface area contributed by atoms with Gasteiger partial charge in [0.25, 0.3) is 0 Å². The van der Waals surface area contributed by atoms with E-state index >= 15 is 0 Å². The summed E-state index contributed by atoms with van der Waals surface area (Å²) in [5.41, 5.74) is 0.0783. The Morgan fingerprint density at radius 1 is 1.08 bits per heavy atom. The van der Waals surface area contributed by atoms with Gasteiger partial charge in [0.1, 0.15) is 23.5 Å². The third kappa shape index (κ3) is 3.15. The number of carbonyl (C=O) groups excluding carboxylic acids is 2. The number of rotatable bonds is 3. The van der Waals surface area contributed by atoms with E-state index in [1.807, 2.05) is 0 Å². The Morgan fingerprint density at radius 3 is 2.25 bits per heavy atom. The van der Waals surface area contributed by atoms with Gasteiger partial charge in [0.05, 0.1) is 13.2 Å². The second-order valence-electron chi connectivity index (χ2n) is 5.87. The van der Waals surface area contributed by atoms with E-state index in [2.05, 4.69) is 0 Å². The second kappa shape index (κ2) is 6.66. The number of amides is 1. The third-order valence-corrected chi connectivity index (χ3v) is 3.96. The Balaban J connectivity index is 1.61. The highest BCUT2D eigenvalue weighted by molar-refractivity contribution is 5.92. The molecule has 8 nitrogen and oxygen atoms in total. The van der Waals surface area contributed by atoms with Crippen LogP contribution in [0.3, 0.4) is 0 Å². The van der Waals surface area contributed by atoms with E-state index in [-0.39, 0.29) is 24.5 Å². The highest BCUT2D eigenvalue weighted by atomic mass is 16.7. The van der Waals surface area contributed by atoms with Crippen molar-refractivity contribution in [2.45, 2.75) is 24.4 Å². The Kier molecular flexibility index (Phi) is 4.59. The first-order valence-electron chi connectivity index (χ1n) is 7.57. The first-order valence-corrected chi connectivity index (χ1v) is 7.57. The molecule has 1 aromatic rings. The number of phenols is 1. The van der Waals surface area contributed by atoms with E-state index in [1.54, 1.807) is 26.2 Å². The van der Waals surface area contributed by atoms with Gasteiger partial charge in [-0.1, -0.05) is 12.1 Å². The Hall–Kier alpha value is -2.32. The van der Waals surface area contributed by atoms with Gasteiger partial charge in [-0.05, 0) is 12.1 Å². The van der Waals surface area contributed by atoms with Crippen LogP contribution >= 0.6 is 0 Å². The van der Waals surface area contributed by atoms with Crippen molar-refractivity contribution >= 4 is 12.1 Å². The quantitative estimate of drug-likeness (QED) is 0.815. The average molecular weight is 337 g/mol. The minimum absolute atomic E-state index is 0.0783. The molecule has 1 amide bonds. The number of ether oxygens (including phenoxy) is 4. The number of benzene rings is 1. The lowest BCUT2D eigenvalue weighted by molar-refractivity contribution is -0.0256. The standard InChI is InChI=1S/C16H19NO7/c1-17(2)16(20)24-12-8-22-13-11(7-21-14(12)13)23-15(19)9-5-3-4-6-10(9)18/h3-6,11-14,18H,7-8H2,1-2H3/t11-,12+,13-,14-/m1/s1. The minimum Gasteiger partial charge on any atom is -0.507 e.